The Kier molecular flexibility index (Phi) is 2.99. The molecule has 0 amide bonds. The van der Waals surface area contributed by atoms with Gasteiger partial charge < -0.3 is 10.2 Å². The number of nitrogens with one attached hydrogen (secondary N) is 1. The van der Waals surface area contributed by atoms with Gasteiger partial charge in [0.25, 0.3) is 0 Å². The van der Waals surface area contributed by atoms with E-state index in [4.69, 9.17) is 6.67 Å². The summed E-state index contributed by atoms with van der Waals surface area (Å²) in [7, 11) is 1.84. The largest absolute Gasteiger partial charge is 0.338 e. The molecular formula is C13H15N7. The van der Waals surface area contributed by atoms with Crippen LogP contribution in [0.3, 0.4) is 0 Å². The zero-order valence-corrected chi connectivity index (χ0v) is 11.2. The van der Waals surface area contributed by atoms with Crippen LogP contribution in [0.1, 0.15) is 5.69 Å². The highest BCUT2D eigenvalue weighted by molar-refractivity contribution is 5.60. The van der Waals surface area contributed by atoms with Gasteiger partial charge in [0.2, 0.25) is 5.95 Å². The Labute approximate surface area is 118 Å². The summed E-state index contributed by atoms with van der Waals surface area (Å²) in [5, 5.41) is 14.8. The van der Waals surface area contributed by atoms with E-state index in [1.165, 1.54) is 5.31 Å². The third-order valence-electron chi connectivity index (χ3n) is 3.17. The second-order valence-corrected chi connectivity index (χ2v) is 4.61. The van der Waals surface area contributed by atoms with Crippen molar-refractivity contribution in [3.05, 3.63) is 24.2 Å². The van der Waals surface area contributed by atoms with Gasteiger partial charge in [0.1, 0.15) is 13.2 Å². The predicted octanol–water partition coefficient (Wildman–Crippen LogP) is 0.158. The molecule has 7 nitrogen and oxygen atoms in total. The van der Waals surface area contributed by atoms with E-state index in [0.717, 1.165) is 5.56 Å². The number of hydrogen-bond donors (Lipinski definition) is 1. The lowest BCUT2D eigenvalue weighted by molar-refractivity contribution is 0.580. The lowest BCUT2D eigenvalue weighted by Gasteiger charge is -2.27. The van der Waals surface area contributed by atoms with Gasteiger partial charge >= 0.3 is 0 Å². The number of aryl methyl sites for hydroxylation is 1. The van der Waals surface area contributed by atoms with Crippen molar-refractivity contribution in [2.45, 2.75) is 0 Å². The fraction of sp³-hybridized carbons (Fsp3) is 0.385. The molecule has 3 heterocycles. The van der Waals surface area contributed by atoms with Crippen LogP contribution in [0.25, 0.3) is 11.3 Å². The minimum atomic E-state index is 0.340. The quantitative estimate of drug-likeness (QED) is 0.837. The van der Waals surface area contributed by atoms with Crippen molar-refractivity contribution >= 4 is 5.95 Å². The van der Waals surface area contributed by atoms with Crippen molar-refractivity contribution in [2.75, 3.05) is 31.1 Å². The molecule has 0 unspecified atom stereocenters. The first-order chi connectivity index (χ1) is 10.2. The Morgan fingerprint density at radius 2 is 2.20 bits per heavy atom. The van der Waals surface area contributed by atoms with Crippen LogP contribution in [0.4, 0.5) is 5.95 Å². The average molecular weight is 270 g/mol. The minimum Gasteiger partial charge on any atom is -0.338 e. The van der Waals surface area contributed by atoms with Gasteiger partial charge in [-0.25, -0.2) is 9.97 Å². The summed E-state index contributed by atoms with van der Waals surface area (Å²) in [4.78, 5) is 10.8. The second-order valence-electron chi connectivity index (χ2n) is 4.61. The molecule has 2 aromatic heterocycles. The van der Waals surface area contributed by atoms with E-state index in [1.807, 2.05) is 18.1 Å². The predicted molar refractivity (Wildman–Crippen MR) is 74.0 cm³/mol. The summed E-state index contributed by atoms with van der Waals surface area (Å²) in [5.74, 6) is 0.543. The minimum absolute atomic E-state index is 0.340. The summed E-state index contributed by atoms with van der Waals surface area (Å²) in [6.45, 7) is 2.65. The molecule has 3 rings (SSSR count). The van der Waals surface area contributed by atoms with Crippen molar-refractivity contribution in [1.82, 2.24) is 25.1 Å². The lowest BCUT2D eigenvalue weighted by atomic mass is 10.2. The van der Waals surface area contributed by atoms with Crippen LogP contribution in [-0.2, 0) is 7.05 Å². The topological polar surface area (TPSA) is 82.7 Å². The maximum atomic E-state index is 9.16. The molecule has 0 aliphatic carbocycles. The van der Waals surface area contributed by atoms with Crippen molar-refractivity contribution in [3.63, 3.8) is 0 Å². The van der Waals surface area contributed by atoms with Crippen LogP contribution in [0.5, 0.6) is 0 Å². The highest BCUT2D eigenvalue weighted by Gasteiger charge is 2.16. The van der Waals surface area contributed by atoms with E-state index >= 15 is 0 Å². The fourth-order valence-electron chi connectivity index (χ4n) is 2.14. The van der Waals surface area contributed by atoms with Crippen molar-refractivity contribution < 1.29 is 1.41 Å². The Morgan fingerprint density at radius 3 is 2.85 bits per heavy atom. The van der Waals surface area contributed by atoms with Gasteiger partial charge in [-0.3, -0.25) is 4.68 Å². The maximum absolute atomic E-state index is 9.16. The Morgan fingerprint density at radius 1 is 1.40 bits per heavy atom. The van der Waals surface area contributed by atoms with Crippen molar-refractivity contribution in [2.24, 2.45) is 7.05 Å². The molecule has 1 fully saturated rings. The standard InChI is InChI=1S/C13H15N7/c1-19-9-10(8-16-19)12-6-11(7-14)17-13(18-12)20-4-2-15-3-5-20/h6,8-9,15H,2-5H2,1H3/i/hD. The van der Waals surface area contributed by atoms with Crippen LogP contribution >= 0.6 is 0 Å². The zero-order valence-electron chi connectivity index (χ0n) is 12.2. The molecule has 2 aromatic rings. The molecule has 102 valence electrons. The third-order valence-corrected chi connectivity index (χ3v) is 3.17. The normalized spacial score (nSPS) is 16.8. The number of piperazine rings is 1. The number of anilines is 1. The van der Waals surface area contributed by atoms with Gasteiger partial charge in [-0.2, -0.15) is 10.4 Å². The lowest BCUT2D eigenvalue weighted by Crippen LogP contribution is -2.44. The Balaban J connectivity index is 1.96. The first-order valence-corrected chi connectivity index (χ1v) is 6.42. The van der Waals surface area contributed by atoms with Crippen LogP contribution in [0.2, 0.25) is 1.41 Å². The summed E-state index contributed by atoms with van der Waals surface area (Å²) < 4.78 is 9.28. The summed E-state index contributed by atoms with van der Waals surface area (Å²) in [5.41, 5.74) is 1.89. The van der Waals surface area contributed by atoms with Crippen LogP contribution < -0.4 is 10.2 Å². The first kappa shape index (κ1) is 11.4. The van der Waals surface area contributed by atoms with Crippen LogP contribution in [0.15, 0.2) is 18.5 Å². The number of hydrogen-bond acceptors (Lipinski definition) is 6. The molecule has 0 atom stereocenters. The highest BCUT2D eigenvalue weighted by atomic mass is 15.3. The molecule has 1 N–H and O–H groups in total. The van der Waals surface area contributed by atoms with Gasteiger partial charge in [0, 0.05) is 51.1 Å². The molecule has 0 radical (unpaired) electrons. The van der Waals surface area contributed by atoms with Crippen LogP contribution in [0, 0.1) is 11.3 Å². The SMILES string of the molecule is [2H]N1CCN(c2nc(C#N)cc(-c3cnn(C)c3)n2)CC1. The number of rotatable bonds is 2. The molecule has 0 aromatic carbocycles. The number of aromatic nitrogens is 4. The molecule has 1 aliphatic rings. The van der Waals surface area contributed by atoms with Gasteiger partial charge in [0.15, 0.2) is 0 Å². The molecule has 1 aliphatic heterocycles. The molecule has 20 heavy (non-hydrogen) atoms. The van der Waals surface area contributed by atoms with Crippen molar-refractivity contribution in [1.29, 1.82) is 5.26 Å². The first-order valence-electron chi connectivity index (χ1n) is 6.87. The monoisotopic (exact) mass is 270 g/mol. The molecule has 0 bridgehead atoms. The van der Waals surface area contributed by atoms with E-state index in [0.29, 0.717) is 43.5 Å². The van der Waals surface area contributed by atoms with Gasteiger partial charge in [-0.15, -0.1) is 0 Å². The number of nitrogens with zero attached hydrogens (tertiary/aromatic N) is 6. The van der Waals surface area contributed by atoms with E-state index in [-0.39, 0.29) is 0 Å². The maximum Gasteiger partial charge on any atom is 0.227 e. The average Bonchev–Trinajstić information content (AvgIpc) is 2.94. The third kappa shape index (κ3) is 2.46. The zero-order chi connectivity index (χ0) is 14.8. The van der Waals surface area contributed by atoms with E-state index in [2.05, 4.69) is 21.1 Å². The van der Waals surface area contributed by atoms with Gasteiger partial charge in [-0.05, 0) is 0 Å². The second kappa shape index (κ2) is 5.27. The number of nitriles is 1. The molecule has 0 spiro atoms. The molecule has 7 heteroatoms. The van der Waals surface area contributed by atoms with E-state index in [9.17, 15) is 0 Å². The van der Waals surface area contributed by atoms with Gasteiger partial charge in [0.05, 0.1) is 11.9 Å². The summed E-state index contributed by atoms with van der Waals surface area (Å²) in [6, 6.07) is 3.75. The summed E-state index contributed by atoms with van der Waals surface area (Å²) >= 11 is 0. The van der Waals surface area contributed by atoms with E-state index < -0.39 is 0 Å². The highest BCUT2D eigenvalue weighted by Crippen LogP contribution is 2.20. The molecule has 0 saturated carbocycles. The summed E-state index contributed by atoms with van der Waals surface area (Å²) in [6.07, 6.45) is 3.57. The molecule has 1 saturated heterocycles. The Hall–Kier alpha value is -2.46. The Bertz CT molecular complexity index is 682. The fourth-order valence-corrected chi connectivity index (χ4v) is 2.14. The molecular weight excluding hydrogens is 254 g/mol. The van der Waals surface area contributed by atoms with E-state index in [1.54, 1.807) is 16.9 Å². The van der Waals surface area contributed by atoms with Crippen LogP contribution in [-0.4, -0.2) is 45.9 Å². The van der Waals surface area contributed by atoms with Crippen molar-refractivity contribution in [3.8, 4) is 17.3 Å². The smallest absolute Gasteiger partial charge is 0.227 e. The van der Waals surface area contributed by atoms with Gasteiger partial charge in [-0.1, -0.05) is 0 Å².